The van der Waals surface area contributed by atoms with Crippen LogP contribution in [0.1, 0.15) is 62.9 Å². The number of ether oxygens (including phenoxy) is 2. The normalized spacial score (nSPS) is 15.7. The van der Waals surface area contributed by atoms with Crippen LogP contribution in [0.15, 0.2) is 18.2 Å². The molecule has 0 aliphatic carbocycles. The average molecular weight is 361 g/mol. The molecule has 0 atom stereocenters. The van der Waals surface area contributed by atoms with Crippen LogP contribution in [0.3, 0.4) is 0 Å². The van der Waals surface area contributed by atoms with E-state index in [1.54, 1.807) is 14.0 Å². The number of carbonyl (C=O) groups is 2. The molecule has 0 N–H and O–H groups in total. The number of aryl methyl sites for hydroxylation is 1. The number of likely N-dealkylation sites (tertiary alicyclic amines) is 1. The lowest BCUT2D eigenvalue weighted by atomic mass is 9.90. The molecule has 0 unspecified atom stereocenters. The van der Waals surface area contributed by atoms with E-state index in [0.29, 0.717) is 17.2 Å². The molecule has 0 aromatic heterocycles. The van der Waals surface area contributed by atoms with Crippen molar-refractivity contribution in [2.45, 2.75) is 59.0 Å². The van der Waals surface area contributed by atoms with Crippen molar-refractivity contribution >= 4 is 11.9 Å². The first-order valence-corrected chi connectivity index (χ1v) is 9.35. The summed E-state index contributed by atoms with van der Waals surface area (Å²) in [6, 6.07) is 5.82. The molecule has 0 spiro atoms. The molecule has 0 radical (unpaired) electrons. The summed E-state index contributed by atoms with van der Waals surface area (Å²) in [5.41, 5.74) is 1.36. The van der Waals surface area contributed by atoms with E-state index in [4.69, 9.17) is 9.47 Å². The van der Waals surface area contributed by atoms with E-state index < -0.39 is 5.60 Å². The maximum atomic E-state index is 12.1. The molecule has 1 saturated heterocycles. The number of nitrogens with zero attached hydrogens (tertiary/aromatic N) is 1. The van der Waals surface area contributed by atoms with Crippen LogP contribution in [-0.2, 0) is 11.2 Å². The molecular formula is C21H31NO4. The third-order valence-corrected chi connectivity index (χ3v) is 4.75. The number of hydrogen-bond acceptors (Lipinski definition) is 4. The summed E-state index contributed by atoms with van der Waals surface area (Å²) < 4.78 is 10.8. The number of hydrogen-bond donors (Lipinski definition) is 0. The summed E-state index contributed by atoms with van der Waals surface area (Å²) in [6.45, 7) is 8.74. The molecule has 144 valence electrons. The van der Waals surface area contributed by atoms with Crippen molar-refractivity contribution in [3.05, 3.63) is 29.3 Å². The molecule has 26 heavy (non-hydrogen) atoms. The minimum atomic E-state index is -0.445. The van der Waals surface area contributed by atoms with Gasteiger partial charge >= 0.3 is 6.09 Å². The number of amides is 1. The zero-order chi connectivity index (χ0) is 19.3. The van der Waals surface area contributed by atoms with Crippen LogP contribution in [0.25, 0.3) is 0 Å². The number of rotatable bonds is 5. The molecule has 0 bridgehead atoms. The fourth-order valence-corrected chi connectivity index (χ4v) is 3.28. The van der Waals surface area contributed by atoms with Gasteiger partial charge in [0.1, 0.15) is 11.4 Å². The van der Waals surface area contributed by atoms with Crippen molar-refractivity contribution < 1.29 is 19.1 Å². The maximum absolute atomic E-state index is 12.1. The van der Waals surface area contributed by atoms with Gasteiger partial charge in [0.15, 0.2) is 5.78 Å². The lowest BCUT2D eigenvalue weighted by Crippen LogP contribution is -2.41. The molecule has 1 amide bonds. The van der Waals surface area contributed by atoms with Crippen molar-refractivity contribution in [1.29, 1.82) is 0 Å². The van der Waals surface area contributed by atoms with E-state index in [2.05, 4.69) is 0 Å². The molecule has 1 aromatic rings. The minimum absolute atomic E-state index is 0.0166. The first-order valence-electron chi connectivity index (χ1n) is 9.35. The number of piperidine rings is 1. The molecule has 1 heterocycles. The molecule has 1 aliphatic rings. The van der Waals surface area contributed by atoms with Crippen molar-refractivity contribution in [1.82, 2.24) is 4.90 Å². The van der Waals surface area contributed by atoms with E-state index in [1.807, 2.05) is 43.9 Å². The topological polar surface area (TPSA) is 55.8 Å². The fourth-order valence-electron chi connectivity index (χ4n) is 3.28. The highest BCUT2D eigenvalue weighted by Crippen LogP contribution is 2.26. The summed E-state index contributed by atoms with van der Waals surface area (Å²) in [6.07, 6.45) is 3.82. The van der Waals surface area contributed by atoms with Crippen molar-refractivity contribution in [2.75, 3.05) is 20.2 Å². The second-order valence-electron chi connectivity index (χ2n) is 8.04. The summed E-state index contributed by atoms with van der Waals surface area (Å²) in [4.78, 5) is 25.5. The van der Waals surface area contributed by atoms with Crippen LogP contribution in [0, 0.1) is 5.92 Å². The highest BCUT2D eigenvalue weighted by Gasteiger charge is 2.26. The third-order valence-electron chi connectivity index (χ3n) is 4.75. The van der Waals surface area contributed by atoms with Gasteiger partial charge in [-0.05, 0) is 77.0 Å². The van der Waals surface area contributed by atoms with Crippen LogP contribution in [0.4, 0.5) is 4.79 Å². The standard InChI is InChI=1S/C21H31NO4/c1-15(23)18-9-8-17(14-19(18)25-5)7-6-16-10-12-22(13-11-16)20(24)26-21(2,3)4/h8-9,14,16H,6-7,10-13H2,1-5H3. The quantitative estimate of drug-likeness (QED) is 0.726. The Hall–Kier alpha value is -2.04. The number of ketones is 1. The Labute approximate surface area is 156 Å². The SMILES string of the molecule is COc1cc(CCC2CCN(C(=O)OC(C)(C)C)CC2)ccc1C(C)=O. The summed E-state index contributed by atoms with van der Waals surface area (Å²) in [5.74, 6) is 1.27. The van der Waals surface area contributed by atoms with Gasteiger partial charge in [0.05, 0.1) is 12.7 Å². The highest BCUT2D eigenvalue weighted by molar-refractivity contribution is 5.96. The van der Waals surface area contributed by atoms with Gasteiger partial charge in [-0.2, -0.15) is 0 Å². The van der Waals surface area contributed by atoms with Crippen LogP contribution >= 0.6 is 0 Å². The van der Waals surface area contributed by atoms with Crippen molar-refractivity contribution in [3.63, 3.8) is 0 Å². The van der Waals surface area contributed by atoms with E-state index in [1.165, 1.54) is 5.56 Å². The Kier molecular flexibility index (Phi) is 6.68. The Morgan fingerprint density at radius 1 is 1.19 bits per heavy atom. The molecule has 1 aromatic carbocycles. The Bertz CT molecular complexity index is 640. The van der Waals surface area contributed by atoms with Gasteiger partial charge < -0.3 is 14.4 Å². The highest BCUT2D eigenvalue weighted by atomic mass is 16.6. The largest absolute Gasteiger partial charge is 0.496 e. The number of Topliss-reactive ketones (excluding diaryl/α,β-unsaturated/α-hetero) is 1. The van der Waals surface area contributed by atoms with Crippen LogP contribution < -0.4 is 4.74 Å². The Morgan fingerprint density at radius 3 is 2.38 bits per heavy atom. The third kappa shape index (κ3) is 5.75. The van der Waals surface area contributed by atoms with Gasteiger partial charge in [0.2, 0.25) is 0 Å². The van der Waals surface area contributed by atoms with E-state index in [-0.39, 0.29) is 11.9 Å². The van der Waals surface area contributed by atoms with Crippen LogP contribution in [0.2, 0.25) is 0 Å². The average Bonchev–Trinajstić information content (AvgIpc) is 2.58. The number of methoxy groups -OCH3 is 1. The Balaban J connectivity index is 1.83. The smallest absolute Gasteiger partial charge is 0.410 e. The zero-order valence-corrected chi connectivity index (χ0v) is 16.6. The van der Waals surface area contributed by atoms with E-state index in [9.17, 15) is 9.59 Å². The summed E-state index contributed by atoms with van der Waals surface area (Å²) >= 11 is 0. The van der Waals surface area contributed by atoms with Gasteiger partial charge in [-0.1, -0.05) is 6.07 Å². The summed E-state index contributed by atoms with van der Waals surface area (Å²) in [5, 5.41) is 0. The van der Waals surface area contributed by atoms with E-state index in [0.717, 1.165) is 38.8 Å². The second-order valence-corrected chi connectivity index (χ2v) is 8.04. The van der Waals surface area contributed by atoms with Crippen molar-refractivity contribution in [2.24, 2.45) is 5.92 Å². The fraction of sp³-hybridized carbons (Fsp3) is 0.619. The number of benzene rings is 1. The summed E-state index contributed by atoms with van der Waals surface area (Å²) in [7, 11) is 1.60. The monoisotopic (exact) mass is 361 g/mol. The van der Waals surface area contributed by atoms with Gasteiger partial charge in [-0.3, -0.25) is 4.79 Å². The van der Waals surface area contributed by atoms with Crippen molar-refractivity contribution in [3.8, 4) is 5.75 Å². The van der Waals surface area contributed by atoms with Gasteiger partial charge in [0, 0.05) is 13.1 Å². The molecule has 1 aliphatic heterocycles. The van der Waals surface area contributed by atoms with Crippen LogP contribution in [-0.4, -0.2) is 42.6 Å². The molecule has 2 rings (SSSR count). The predicted molar refractivity (Wildman–Crippen MR) is 102 cm³/mol. The number of carbonyl (C=O) groups excluding carboxylic acids is 2. The van der Waals surface area contributed by atoms with Gasteiger partial charge in [0.25, 0.3) is 0 Å². The molecule has 5 nitrogen and oxygen atoms in total. The van der Waals surface area contributed by atoms with Gasteiger partial charge in [-0.25, -0.2) is 4.79 Å². The van der Waals surface area contributed by atoms with Crippen LogP contribution in [0.5, 0.6) is 5.75 Å². The molecule has 1 fully saturated rings. The van der Waals surface area contributed by atoms with E-state index >= 15 is 0 Å². The lowest BCUT2D eigenvalue weighted by molar-refractivity contribution is 0.0181. The zero-order valence-electron chi connectivity index (χ0n) is 16.6. The maximum Gasteiger partial charge on any atom is 0.410 e. The lowest BCUT2D eigenvalue weighted by Gasteiger charge is -2.33. The minimum Gasteiger partial charge on any atom is -0.496 e. The molecular weight excluding hydrogens is 330 g/mol. The Morgan fingerprint density at radius 2 is 1.85 bits per heavy atom. The molecule has 5 heteroatoms. The van der Waals surface area contributed by atoms with Gasteiger partial charge in [-0.15, -0.1) is 0 Å². The predicted octanol–water partition coefficient (Wildman–Crippen LogP) is 4.48. The molecule has 0 saturated carbocycles. The second kappa shape index (κ2) is 8.56. The first kappa shape index (κ1) is 20.3. The first-order chi connectivity index (χ1) is 12.2.